The van der Waals surface area contributed by atoms with E-state index in [4.69, 9.17) is 4.42 Å². The van der Waals surface area contributed by atoms with Crippen LogP contribution in [-0.2, 0) is 4.79 Å². The average Bonchev–Trinajstić information content (AvgIpc) is 2.85. The van der Waals surface area contributed by atoms with E-state index in [2.05, 4.69) is 15.5 Å². The Labute approximate surface area is 115 Å². The van der Waals surface area contributed by atoms with Gasteiger partial charge in [-0.3, -0.25) is 4.79 Å². The SMILES string of the molecule is CC/C(C)=N/NC(=O)CSc1nc2ccccc2o1. The summed E-state index contributed by atoms with van der Waals surface area (Å²) in [5, 5.41) is 4.44. The molecule has 100 valence electrons. The van der Waals surface area contributed by atoms with Crippen molar-refractivity contribution in [1.82, 2.24) is 10.4 Å². The minimum Gasteiger partial charge on any atom is -0.431 e. The molecule has 0 saturated carbocycles. The molecule has 1 amide bonds. The van der Waals surface area contributed by atoms with Crippen molar-refractivity contribution in [3.63, 3.8) is 0 Å². The van der Waals surface area contributed by atoms with Gasteiger partial charge in [0.05, 0.1) is 5.75 Å². The van der Waals surface area contributed by atoms with Gasteiger partial charge >= 0.3 is 0 Å². The number of rotatable bonds is 5. The van der Waals surface area contributed by atoms with E-state index in [1.165, 1.54) is 11.8 Å². The summed E-state index contributed by atoms with van der Waals surface area (Å²) < 4.78 is 5.50. The van der Waals surface area contributed by atoms with Crippen LogP contribution in [0.15, 0.2) is 39.0 Å². The highest BCUT2D eigenvalue weighted by Crippen LogP contribution is 2.22. The molecule has 0 spiro atoms. The van der Waals surface area contributed by atoms with Crippen LogP contribution in [0.25, 0.3) is 11.1 Å². The molecule has 2 aromatic rings. The molecule has 19 heavy (non-hydrogen) atoms. The van der Waals surface area contributed by atoms with E-state index in [1.807, 2.05) is 38.1 Å². The molecule has 0 aliphatic heterocycles. The molecule has 2 rings (SSSR count). The summed E-state index contributed by atoms with van der Waals surface area (Å²) >= 11 is 1.25. The molecule has 0 unspecified atom stereocenters. The van der Waals surface area contributed by atoms with Crippen LogP contribution in [0.2, 0.25) is 0 Å². The van der Waals surface area contributed by atoms with Crippen molar-refractivity contribution < 1.29 is 9.21 Å². The normalized spacial score (nSPS) is 11.8. The minimum atomic E-state index is -0.167. The quantitative estimate of drug-likeness (QED) is 0.518. The molecule has 1 aromatic heterocycles. The second-order valence-corrected chi connectivity index (χ2v) is 4.90. The summed E-state index contributed by atoms with van der Waals surface area (Å²) in [5.74, 6) is 0.0629. The van der Waals surface area contributed by atoms with Crippen LogP contribution in [0.3, 0.4) is 0 Å². The second-order valence-electron chi connectivity index (χ2n) is 3.97. The van der Waals surface area contributed by atoms with E-state index in [1.54, 1.807) is 0 Å². The van der Waals surface area contributed by atoms with E-state index in [-0.39, 0.29) is 11.7 Å². The van der Waals surface area contributed by atoms with Crippen LogP contribution in [0.4, 0.5) is 0 Å². The highest BCUT2D eigenvalue weighted by Gasteiger charge is 2.08. The molecule has 0 radical (unpaired) electrons. The van der Waals surface area contributed by atoms with Crippen molar-refractivity contribution in [3.8, 4) is 0 Å². The van der Waals surface area contributed by atoms with Gasteiger partial charge in [-0.1, -0.05) is 30.8 Å². The van der Waals surface area contributed by atoms with Crippen molar-refractivity contribution in [2.45, 2.75) is 25.5 Å². The van der Waals surface area contributed by atoms with Crippen LogP contribution in [0, 0.1) is 0 Å². The maximum Gasteiger partial charge on any atom is 0.257 e. The number of oxazole rings is 1. The van der Waals surface area contributed by atoms with E-state index in [0.717, 1.165) is 23.2 Å². The average molecular weight is 277 g/mol. The van der Waals surface area contributed by atoms with E-state index < -0.39 is 0 Å². The monoisotopic (exact) mass is 277 g/mol. The molecule has 0 aliphatic carbocycles. The van der Waals surface area contributed by atoms with Crippen LogP contribution >= 0.6 is 11.8 Å². The first-order valence-electron chi connectivity index (χ1n) is 5.99. The third-order valence-electron chi connectivity index (χ3n) is 2.48. The Balaban J connectivity index is 1.90. The lowest BCUT2D eigenvalue weighted by Crippen LogP contribution is -2.20. The number of hydrogen-bond donors (Lipinski definition) is 1. The third kappa shape index (κ3) is 3.82. The Kier molecular flexibility index (Phi) is 4.57. The highest BCUT2D eigenvalue weighted by atomic mass is 32.2. The minimum absolute atomic E-state index is 0.167. The van der Waals surface area contributed by atoms with Crippen molar-refractivity contribution in [2.24, 2.45) is 5.10 Å². The van der Waals surface area contributed by atoms with Crippen LogP contribution in [0.5, 0.6) is 0 Å². The summed E-state index contributed by atoms with van der Waals surface area (Å²) in [7, 11) is 0. The lowest BCUT2D eigenvalue weighted by molar-refractivity contribution is -0.118. The van der Waals surface area contributed by atoms with Gasteiger partial charge in [0.2, 0.25) is 0 Å². The summed E-state index contributed by atoms with van der Waals surface area (Å²) in [6.45, 7) is 3.85. The molecule has 5 nitrogen and oxygen atoms in total. The molecule has 0 atom stereocenters. The number of carbonyl (C=O) groups is 1. The lowest BCUT2D eigenvalue weighted by atomic mass is 10.3. The largest absolute Gasteiger partial charge is 0.431 e. The number of fused-ring (bicyclic) bond motifs is 1. The molecular weight excluding hydrogens is 262 g/mol. The van der Waals surface area contributed by atoms with E-state index >= 15 is 0 Å². The number of carbonyl (C=O) groups excluding carboxylic acids is 1. The number of amides is 1. The van der Waals surface area contributed by atoms with Gasteiger partial charge in [-0.15, -0.1) is 0 Å². The Morgan fingerprint density at radius 2 is 2.26 bits per heavy atom. The molecule has 0 fully saturated rings. The maximum absolute atomic E-state index is 11.5. The highest BCUT2D eigenvalue weighted by molar-refractivity contribution is 7.99. The molecule has 0 aliphatic rings. The van der Waals surface area contributed by atoms with E-state index in [0.29, 0.717) is 5.22 Å². The Morgan fingerprint density at radius 3 is 3.00 bits per heavy atom. The fourth-order valence-corrected chi connectivity index (χ4v) is 1.94. The Morgan fingerprint density at radius 1 is 1.47 bits per heavy atom. The standard InChI is InChI=1S/C13H15N3O2S/c1-3-9(2)15-16-12(17)8-19-13-14-10-6-4-5-7-11(10)18-13/h4-7H,3,8H2,1-2H3,(H,16,17)/b15-9+. The fraction of sp³-hybridized carbons (Fsp3) is 0.308. The smallest absolute Gasteiger partial charge is 0.257 e. The predicted octanol–water partition coefficient (Wildman–Crippen LogP) is 2.82. The van der Waals surface area contributed by atoms with Gasteiger partial charge < -0.3 is 4.42 Å². The van der Waals surface area contributed by atoms with E-state index in [9.17, 15) is 4.79 Å². The lowest BCUT2D eigenvalue weighted by Gasteiger charge is -1.98. The molecule has 1 heterocycles. The van der Waals surface area contributed by atoms with Crippen LogP contribution < -0.4 is 5.43 Å². The number of nitrogens with zero attached hydrogens (tertiary/aromatic N) is 2. The van der Waals surface area contributed by atoms with Crippen molar-refractivity contribution in [1.29, 1.82) is 0 Å². The second kappa shape index (κ2) is 6.38. The molecule has 1 N–H and O–H groups in total. The number of hydrazone groups is 1. The molecule has 0 bridgehead atoms. The molecule has 0 saturated heterocycles. The first kappa shape index (κ1) is 13.6. The van der Waals surface area contributed by atoms with Crippen LogP contribution in [-0.4, -0.2) is 22.4 Å². The van der Waals surface area contributed by atoms with Crippen LogP contribution in [0.1, 0.15) is 20.3 Å². The number of hydrogen-bond acceptors (Lipinski definition) is 5. The number of benzene rings is 1. The molecule has 1 aromatic carbocycles. The van der Waals surface area contributed by atoms with Gasteiger partial charge in [-0.2, -0.15) is 5.10 Å². The Hall–Kier alpha value is -1.82. The number of thioether (sulfide) groups is 1. The molecular formula is C13H15N3O2S. The first-order chi connectivity index (χ1) is 9.19. The molecule has 6 heteroatoms. The number of para-hydroxylation sites is 2. The van der Waals surface area contributed by atoms with Gasteiger partial charge in [-0.05, 0) is 25.5 Å². The summed E-state index contributed by atoms with van der Waals surface area (Å²) in [6.07, 6.45) is 0.818. The maximum atomic E-state index is 11.5. The van der Waals surface area contributed by atoms with Crippen molar-refractivity contribution in [2.75, 3.05) is 5.75 Å². The zero-order valence-electron chi connectivity index (χ0n) is 10.8. The predicted molar refractivity (Wildman–Crippen MR) is 76.3 cm³/mol. The number of nitrogens with one attached hydrogen (secondary N) is 1. The topological polar surface area (TPSA) is 67.5 Å². The fourth-order valence-electron chi connectivity index (χ4n) is 1.31. The van der Waals surface area contributed by atoms with Gasteiger partial charge in [0.1, 0.15) is 5.52 Å². The number of aromatic nitrogens is 1. The zero-order chi connectivity index (χ0) is 13.7. The van der Waals surface area contributed by atoms with Gasteiger partial charge in [0, 0.05) is 5.71 Å². The summed E-state index contributed by atoms with van der Waals surface area (Å²) in [5.41, 5.74) is 4.91. The summed E-state index contributed by atoms with van der Waals surface area (Å²) in [4.78, 5) is 15.8. The first-order valence-corrected chi connectivity index (χ1v) is 6.98. The zero-order valence-corrected chi connectivity index (χ0v) is 11.7. The Bertz CT molecular complexity index is 574. The van der Waals surface area contributed by atoms with Gasteiger partial charge in [0.25, 0.3) is 11.1 Å². The van der Waals surface area contributed by atoms with Crippen molar-refractivity contribution in [3.05, 3.63) is 24.3 Å². The third-order valence-corrected chi connectivity index (χ3v) is 3.31. The van der Waals surface area contributed by atoms with Gasteiger partial charge in [0.15, 0.2) is 5.58 Å². The summed E-state index contributed by atoms with van der Waals surface area (Å²) in [6, 6.07) is 7.50. The van der Waals surface area contributed by atoms with Crippen molar-refractivity contribution >= 4 is 34.5 Å². The van der Waals surface area contributed by atoms with Gasteiger partial charge in [-0.25, -0.2) is 10.4 Å².